The number of benzene rings is 3. The highest BCUT2D eigenvalue weighted by atomic mass is 79.9. The SMILES string of the molecule is O=c1c(-c2ccc(Br)cc2)coc2c(CN3CCN(Cc4ccccc4)CC3)c(O)ccc12. The van der Waals surface area contributed by atoms with Crippen molar-refractivity contribution in [3.63, 3.8) is 0 Å². The molecule has 0 amide bonds. The van der Waals surface area contributed by atoms with Crippen LogP contribution in [0.4, 0.5) is 0 Å². The minimum absolute atomic E-state index is 0.0903. The van der Waals surface area contributed by atoms with Crippen LogP contribution in [-0.2, 0) is 13.1 Å². The van der Waals surface area contributed by atoms with Crippen molar-refractivity contribution in [1.29, 1.82) is 0 Å². The fourth-order valence-corrected chi connectivity index (χ4v) is 4.66. The van der Waals surface area contributed by atoms with Gasteiger partial charge in [-0.15, -0.1) is 0 Å². The van der Waals surface area contributed by atoms with E-state index >= 15 is 0 Å². The lowest BCUT2D eigenvalue weighted by Crippen LogP contribution is -2.45. The Morgan fingerprint density at radius 1 is 0.848 bits per heavy atom. The fraction of sp³-hybridized carbons (Fsp3) is 0.222. The second kappa shape index (κ2) is 9.51. The van der Waals surface area contributed by atoms with E-state index < -0.39 is 0 Å². The van der Waals surface area contributed by atoms with Crippen molar-refractivity contribution in [2.24, 2.45) is 0 Å². The van der Waals surface area contributed by atoms with Crippen LogP contribution in [0.1, 0.15) is 11.1 Å². The van der Waals surface area contributed by atoms with E-state index in [0.29, 0.717) is 28.6 Å². The Morgan fingerprint density at radius 3 is 2.21 bits per heavy atom. The second-order valence-electron chi connectivity index (χ2n) is 8.46. The number of hydrogen-bond donors (Lipinski definition) is 1. The summed E-state index contributed by atoms with van der Waals surface area (Å²) in [7, 11) is 0. The van der Waals surface area contributed by atoms with E-state index in [-0.39, 0.29) is 11.2 Å². The smallest absolute Gasteiger partial charge is 0.200 e. The zero-order chi connectivity index (χ0) is 22.8. The summed E-state index contributed by atoms with van der Waals surface area (Å²) in [5, 5.41) is 11.1. The van der Waals surface area contributed by atoms with Crippen LogP contribution in [0.2, 0.25) is 0 Å². The van der Waals surface area contributed by atoms with Gasteiger partial charge < -0.3 is 9.52 Å². The third-order valence-electron chi connectivity index (χ3n) is 6.27. The van der Waals surface area contributed by atoms with Crippen molar-refractivity contribution in [2.45, 2.75) is 13.1 Å². The molecule has 1 fully saturated rings. The van der Waals surface area contributed by atoms with Gasteiger partial charge in [-0.25, -0.2) is 0 Å². The zero-order valence-electron chi connectivity index (χ0n) is 18.2. The molecule has 0 saturated carbocycles. The summed E-state index contributed by atoms with van der Waals surface area (Å²) in [5.74, 6) is 0.161. The molecule has 1 saturated heterocycles. The Kier molecular flexibility index (Phi) is 6.31. The molecule has 0 radical (unpaired) electrons. The van der Waals surface area contributed by atoms with Crippen LogP contribution in [0.5, 0.6) is 5.75 Å². The molecule has 5 nitrogen and oxygen atoms in total. The van der Waals surface area contributed by atoms with Gasteiger partial charge in [0.25, 0.3) is 0 Å². The highest BCUT2D eigenvalue weighted by Crippen LogP contribution is 2.30. The highest BCUT2D eigenvalue weighted by Gasteiger charge is 2.21. The van der Waals surface area contributed by atoms with Crippen molar-refractivity contribution in [3.05, 3.63) is 98.8 Å². The first kappa shape index (κ1) is 21.9. The van der Waals surface area contributed by atoms with Crippen molar-refractivity contribution >= 4 is 26.9 Å². The van der Waals surface area contributed by atoms with Gasteiger partial charge in [0, 0.05) is 43.7 Å². The lowest BCUT2D eigenvalue weighted by molar-refractivity contribution is 0.121. The molecule has 168 valence electrons. The molecule has 6 heteroatoms. The molecule has 1 N–H and O–H groups in total. The molecule has 1 aliphatic heterocycles. The van der Waals surface area contributed by atoms with Crippen LogP contribution >= 0.6 is 15.9 Å². The molecule has 2 heterocycles. The Balaban J connectivity index is 1.35. The largest absolute Gasteiger partial charge is 0.507 e. The maximum Gasteiger partial charge on any atom is 0.200 e. The zero-order valence-corrected chi connectivity index (χ0v) is 19.8. The van der Waals surface area contributed by atoms with E-state index in [9.17, 15) is 9.90 Å². The van der Waals surface area contributed by atoms with Gasteiger partial charge in [-0.05, 0) is 35.4 Å². The van der Waals surface area contributed by atoms with E-state index in [1.54, 1.807) is 12.1 Å². The van der Waals surface area contributed by atoms with Crippen molar-refractivity contribution in [2.75, 3.05) is 26.2 Å². The highest BCUT2D eigenvalue weighted by molar-refractivity contribution is 9.10. The normalized spacial score (nSPS) is 15.2. The molecule has 5 rings (SSSR count). The summed E-state index contributed by atoms with van der Waals surface area (Å²) in [5.41, 5.74) is 3.68. The summed E-state index contributed by atoms with van der Waals surface area (Å²) in [6.45, 7) is 5.19. The Morgan fingerprint density at radius 2 is 1.52 bits per heavy atom. The van der Waals surface area contributed by atoms with E-state index in [1.165, 1.54) is 11.8 Å². The van der Waals surface area contributed by atoms with Crippen molar-refractivity contribution < 1.29 is 9.52 Å². The van der Waals surface area contributed by atoms with Gasteiger partial charge in [0.05, 0.1) is 16.5 Å². The lowest BCUT2D eigenvalue weighted by atomic mass is 10.0. The average Bonchev–Trinajstić information content (AvgIpc) is 2.84. The Labute approximate surface area is 201 Å². The number of phenolic OH excluding ortho intramolecular Hbond substituents is 1. The van der Waals surface area contributed by atoms with E-state index in [1.807, 2.05) is 30.3 Å². The fourth-order valence-electron chi connectivity index (χ4n) is 4.40. The number of aromatic hydroxyl groups is 1. The topological polar surface area (TPSA) is 56.9 Å². The monoisotopic (exact) mass is 504 g/mol. The summed E-state index contributed by atoms with van der Waals surface area (Å²) in [6, 6.07) is 21.3. The standard InChI is InChI=1S/C27H25BrN2O3/c28-21-8-6-20(7-9-21)24-18-33-27-22(26(24)32)10-11-25(31)23(27)17-30-14-12-29(13-15-30)16-19-4-2-1-3-5-19/h1-11,18,31H,12-17H2. The second-order valence-corrected chi connectivity index (χ2v) is 9.38. The lowest BCUT2D eigenvalue weighted by Gasteiger charge is -2.34. The Hall–Kier alpha value is -2.93. The van der Waals surface area contributed by atoms with Gasteiger partial charge in [-0.3, -0.25) is 14.6 Å². The number of fused-ring (bicyclic) bond motifs is 1. The maximum atomic E-state index is 13.2. The van der Waals surface area contributed by atoms with Gasteiger partial charge in [0.2, 0.25) is 5.43 Å². The molecule has 4 aromatic rings. The van der Waals surface area contributed by atoms with Gasteiger partial charge in [0.15, 0.2) is 0 Å². The third kappa shape index (κ3) is 4.74. The van der Waals surface area contributed by atoms with Crippen molar-refractivity contribution in [1.82, 2.24) is 9.80 Å². The maximum absolute atomic E-state index is 13.2. The quantitative estimate of drug-likeness (QED) is 0.402. The van der Waals surface area contributed by atoms with Crippen LogP contribution in [0.15, 0.2) is 86.7 Å². The number of rotatable bonds is 5. The molecule has 0 unspecified atom stereocenters. The van der Waals surface area contributed by atoms with E-state index in [2.05, 4.69) is 50.0 Å². The van der Waals surface area contributed by atoms with Crippen LogP contribution in [-0.4, -0.2) is 41.1 Å². The molecule has 0 bridgehead atoms. The van der Waals surface area contributed by atoms with E-state index in [4.69, 9.17) is 4.42 Å². The van der Waals surface area contributed by atoms with Gasteiger partial charge >= 0.3 is 0 Å². The molecular weight excluding hydrogens is 480 g/mol. The number of halogens is 1. The number of phenols is 1. The van der Waals surface area contributed by atoms with Crippen LogP contribution in [0.25, 0.3) is 22.1 Å². The Bertz CT molecular complexity index is 1310. The van der Waals surface area contributed by atoms with E-state index in [0.717, 1.165) is 42.8 Å². The van der Waals surface area contributed by atoms with Gasteiger partial charge in [-0.2, -0.15) is 0 Å². The van der Waals surface area contributed by atoms with Gasteiger partial charge in [0.1, 0.15) is 17.6 Å². The summed E-state index contributed by atoms with van der Waals surface area (Å²) >= 11 is 3.42. The predicted molar refractivity (Wildman–Crippen MR) is 134 cm³/mol. The number of hydrogen-bond acceptors (Lipinski definition) is 5. The molecule has 33 heavy (non-hydrogen) atoms. The minimum Gasteiger partial charge on any atom is -0.507 e. The van der Waals surface area contributed by atoms with Gasteiger partial charge in [-0.1, -0.05) is 58.4 Å². The summed E-state index contributed by atoms with van der Waals surface area (Å²) in [6.07, 6.45) is 1.51. The predicted octanol–water partition coefficient (Wildman–Crippen LogP) is 5.25. The first-order chi connectivity index (χ1) is 16.1. The molecular formula is C27H25BrN2O3. The minimum atomic E-state index is -0.0903. The number of nitrogens with zero attached hydrogens (tertiary/aromatic N) is 2. The number of piperazine rings is 1. The molecule has 3 aromatic carbocycles. The summed E-state index contributed by atoms with van der Waals surface area (Å²) in [4.78, 5) is 18.0. The molecule has 0 spiro atoms. The molecule has 1 aliphatic rings. The van der Waals surface area contributed by atoms with Crippen molar-refractivity contribution in [3.8, 4) is 16.9 Å². The molecule has 0 aliphatic carbocycles. The third-order valence-corrected chi connectivity index (χ3v) is 6.80. The molecule has 1 aromatic heterocycles. The van der Waals surface area contributed by atoms with Crippen LogP contribution < -0.4 is 5.43 Å². The molecule has 0 atom stereocenters. The van der Waals surface area contributed by atoms with Crippen LogP contribution in [0, 0.1) is 0 Å². The first-order valence-corrected chi connectivity index (χ1v) is 11.9. The van der Waals surface area contributed by atoms with Crippen LogP contribution in [0.3, 0.4) is 0 Å². The first-order valence-electron chi connectivity index (χ1n) is 11.1. The average molecular weight is 505 g/mol. The summed E-state index contributed by atoms with van der Waals surface area (Å²) < 4.78 is 6.90.